The first-order chi connectivity index (χ1) is 9.42. The van der Waals surface area contributed by atoms with Crippen LogP contribution in [0.3, 0.4) is 0 Å². The fourth-order valence-corrected chi connectivity index (χ4v) is 2.73. The van der Waals surface area contributed by atoms with Gasteiger partial charge in [0.2, 0.25) is 0 Å². The molecule has 1 aromatic carbocycles. The van der Waals surface area contributed by atoms with Crippen LogP contribution in [0.4, 0.5) is 5.69 Å². The van der Waals surface area contributed by atoms with Crippen LogP contribution in [0.5, 0.6) is 0 Å². The van der Waals surface area contributed by atoms with Gasteiger partial charge in [0.1, 0.15) is 0 Å². The van der Waals surface area contributed by atoms with Crippen LogP contribution in [-0.4, -0.2) is 50.7 Å². The molecule has 0 atom stereocenters. The number of rotatable bonds is 6. The van der Waals surface area contributed by atoms with Crippen LogP contribution in [-0.2, 0) is 0 Å². The largest absolute Gasteiger partial charge is 0.369 e. The van der Waals surface area contributed by atoms with Gasteiger partial charge in [0.05, 0.1) is 0 Å². The zero-order valence-electron chi connectivity index (χ0n) is 11.7. The van der Waals surface area contributed by atoms with Gasteiger partial charge >= 0.3 is 0 Å². The van der Waals surface area contributed by atoms with Gasteiger partial charge in [-0.15, -0.1) is 0 Å². The Morgan fingerprint density at radius 2 is 1.74 bits per heavy atom. The second kappa shape index (κ2) is 6.40. The molecule has 2 aliphatic rings. The lowest BCUT2D eigenvalue weighted by atomic mass is 10.2. The van der Waals surface area contributed by atoms with Crippen molar-refractivity contribution in [3.8, 4) is 0 Å². The van der Waals surface area contributed by atoms with Gasteiger partial charge in [-0.05, 0) is 37.4 Å². The highest BCUT2D eigenvalue weighted by Gasteiger charge is 2.20. The van der Waals surface area contributed by atoms with E-state index in [-0.39, 0.29) is 0 Å². The van der Waals surface area contributed by atoms with Crippen LogP contribution < -0.4 is 10.2 Å². The Labute approximate surface area is 116 Å². The third kappa shape index (κ3) is 3.95. The van der Waals surface area contributed by atoms with E-state index in [2.05, 4.69) is 45.4 Å². The zero-order valence-corrected chi connectivity index (χ0v) is 11.7. The van der Waals surface area contributed by atoms with Gasteiger partial charge in [-0.2, -0.15) is 0 Å². The molecule has 19 heavy (non-hydrogen) atoms. The third-order valence-corrected chi connectivity index (χ3v) is 4.23. The van der Waals surface area contributed by atoms with E-state index in [1.807, 2.05) is 0 Å². The number of piperazine rings is 1. The fraction of sp³-hybridized carbons (Fsp3) is 0.625. The van der Waals surface area contributed by atoms with E-state index < -0.39 is 0 Å². The highest BCUT2D eigenvalue weighted by molar-refractivity contribution is 5.46. The quantitative estimate of drug-likeness (QED) is 0.786. The molecule has 3 heteroatoms. The van der Waals surface area contributed by atoms with Gasteiger partial charge in [-0.1, -0.05) is 18.2 Å². The van der Waals surface area contributed by atoms with Crippen LogP contribution in [0.25, 0.3) is 0 Å². The summed E-state index contributed by atoms with van der Waals surface area (Å²) in [6.07, 6.45) is 2.89. The first-order valence-corrected chi connectivity index (χ1v) is 7.65. The minimum atomic E-state index is 0.995. The molecule has 2 fully saturated rings. The molecule has 0 unspecified atom stereocenters. The Hall–Kier alpha value is -1.06. The number of anilines is 1. The summed E-state index contributed by atoms with van der Waals surface area (Å²) in [5.41, 5.74) is 1.37. The Balaban J connectivity index is 1.34. The summed E-state index contributed by atoms with van der Waals surface area (Å²) >= 11 is 0. The molecule has 1 N–H and O–H groups in total. The first-order valence-electron chi connectivity index (χ1n) is 7.65. The Morgan fingerprint density at radius 1 is 1.00 bits per heavy atom. The molecule has 1 aliphatic heterocycles. The standard InChI is InChI=1S/C16H25N3/c1-2-4-16(5-3-1)19-12-10-18(11-13-19)9-8-17-14-15-6-7-15/h1-5,15,17H,6-14H2. The molecule has 0 radical (unpaired) electrons. The van der Waals surface area contributed by atoms with Crippen molar-refractivity contribution in [2.24, 2.45) is 5.92 Å². The van der Waals surface area contributed by atoms with E-state index in [4.69, 9.17) is 0 Å². The summed E-state index contributed by atoms with van der Waals surface area (Å²) in [6.45, 7) is 8.31. The monoisotopic (exact) mass is 259 g/mol. The van der Waals surface area contributed by atoms with Crippen LogP contribution in [0.1, 0.15) is 12.8 Å². The zero-order chi connectivity index (χ0) is 12.9. The summed E-state index contributed by atoms with van der Waals surface area (Å²) in [4.78, 5) is 5.08. The predicted molar refractivity (Wildman–Crippen MR) is 80.7 cm³/mol. The van der Waals surface area contributed by atoms with Crippen LogP contribution in [0.2, 0.25) is 0 Å². The Bertz CT molecular complexity index is 367. The molecule has 1 aromatic rings. The summed E-state index contributed by atoms with van der Waals surface area (Å²) in [5, 5.41) is 3.58. The minimum Gasteiger partial charge on any atom is -0.369 e. The molecule has 1 aliphatic carbocycles. The molecule has 104 valence electrons. The third-order valence-electron chi connectivity index (χ3n) is 4.23. The van der Waals surface area contributed by atoms with E-state index in [0.29, 0.717) is 0 Å². The van der Waals surface area contributed by atoms with Crippen molar-refractivity contribution < 1.29 is 0 Å². The number of nitrogens with one attached hydrogen (secondary N) is 1. The smallest absolute Gasteiger partial charge is 0.0367 e. The average molecular weight is 259 g/mol. The van der Waals surface area contributed by atoms with Crippen molar-refractivity contribution >= 4 is 5.69 Å². The molecule has 1 saturated heterocycles. The molecule has 0 bridgehead atoms. The number of hydrogen-bond acceptors (Lipinski definition) is 3. The molecule has 1 heterocycles. The van der Waals surface area contributed by atoms with Gasteiger partial charge in [0.15, 0.2) is 0 Å². The second-order valence-corrected chi connectivity index (χ2v) is 5.81. The maximum absolute atomic E-state index is 3.58. The molecule has 0 spiro atoms. The van der Waals surface area contributed by atoms with Crippen LogP contribution >= 0.6 is 0 Å². The topological polar surface area (TPSA) is 18.5 Å². The summed E-state index contributed by atoms with van der Waals surface area (Å²) in [5.74, 6) is 0.995. The SMILES string of the molecule is c1ccc(N2CCN(CCNCC3CC3)CC2)cc1. The molecule has 0 aromatic heterocycles. The highest BCUT2D eigenvalue weighted by atomic mass is 15.3. The van der Waals surface area contributed by atoms with Crippen molar-refractivity contribution in [2.75, 3.05) is 50.7 Å². The maximum atomic E-state index is 3.58. The summed E-state index contributed by atoms with van der Waals surface area (Å²) < 4.78 is 0. The van der Waals surface area contributed by atoms with Crippen molar-refractivity contribution in [1.82, 2.24) is 10.2 Å². The minimum absolute atomic E-state index is 0.995. The number of hydrogen-bond donors (Lipinski definition) is 1. The summed E-state index contributed by atoms with van der Waals surface area (Å²) in [7, 11) is 0. The molecular formula is C16H25N3. The lowest BCUT2D eigenvalue weighted by Crippen LogP contribution is -2.48. The molecule has 3 nitrogen and oxygen atoms in total. The van der Waals surface area contributed by atoms with Gasteiger partial charge in [0.25, 0.3) is 0 Å². The highest BCUT2D eigenvalue weighted by Crippen LogP contribution is 2.27. The lowest BCUT2D eigenvalue weighted by Gasteiger charge is -2.36. The van der Waals surface area contributed by atoms with Crippen molar-refractivity contribution in [2.45, 2.75) is 12.8 Å². The fourth-order valence-electron chi connectivity index (χ4n) is 2.73. The molecule has 1 saturated carbocycles. The summed E-state index contributed by atoms with van der Waals surface area (Å²) in [6, 6.07) is 10.8. The normalized spacial score (nSPS) is 20.7. The average Bonchev–Trinajstić information content (AvgIpc) is 3.29. The maximum Gasteiger partial charge on any atom is 0.0367 e. The van der Waals surface area contributed by atoms with Crippen molar-refractivity contribution in [1.29, 1.82) is 0 Å². The molecule has 3 rings (SSSR count). The van der Waals surface area contributed by atoms with Gasteiger partial charge in [0, 0.05) is 45.0 Å². The van der Waals surface area contributed by atoms with Crippen molar-refractivity contribution in [3.05, 3.63) is 30.3 Å². The van der Waals surface area contributed by atoms with E-state index in [9.17, 15) is 0 Å². The number of para-hydroxylation sites is 1. The van der Waals surface area contributed by atoms with Gasteiger partial charge in [-0.25, -0.2) is 0 Å². The number of benzene rings is 1. The van der Waals surface area contributed by atoms with Crippen molar-refractivity contribution in [3.63, 3.8) is 0 Å². The van der Waals surface area contributed by atoms with Crippen LogP contribution in [0, 0.1) is 5.92 Å². The number of nitrogens with zero attached hydrogens (tertiary/aromatic N) is 2. The van der Waals surface area contributed by atoms with E-state index in [1.165, 1.54) is 44.7 Å². The van der Waals surface area contributed by atoms with E-state index in [1.54, 1.807) is 0 Å². The molecule has 0 amide bonds. The van der Waals surface area contributed by atoms with E-state index >= 15 is 0 Å². The van der Waals surface area contributed by atoms with Gasteiger partial charge < -0.3 is 10.2 Å². The molecular weight excluding hydrogens is 234 g/mol. The Morgan fingerprint density at radius 3 is 2.42 bits per heavy atom. The second-order valence-electron chi connectivity index (χ2n) is 5.81. The van der Waals surface area contributed by atoms with E-state index in [0.717, 1.165) is 25.6 Å². The van der Waals surface area contributed by atoms with Crippen LogP contribution in [0.15, 0.2) is 30.3 Å². The van der Waals surface area contributed by atoms with Gasteiger partial charge in [-0.3, -0.25) is 4.90 Å². The predicted octanol–water partition coefficient (Wildman–Crippen LogP) is 1.81. The first kappa shape index (κ1) is 12.9. The lowest BCUT2D eigenvalue weighted by molar-refractivity contribution is 0.257. The Kier molecular flexibility index (Phi) is 4.36.